The van der Waals surface area contributed by atoms with Gasteiger partial charge in [-0.3, -0.25) is 0 Å². The fourth-order valence-electron chi connectivity index (χ4n) is 3.30. The third-order valence-electron chi connectivity index (χ3n) is 4.99. The second-order valence-corrected chi connectivity index (χ2v) is 11.9. The van der Waals surface area contributed by atoms with Crippen molar-refractivity contribution in [2.24, 2.45) is 0 Å². The van der Waals surface area contributed by atoms with Crippen molar-refractivity contribution in [3.63, 3.8) is 0 Å². The van der Waals surface area contributed by atoms with Crippen LogP contribution in [0.1, 0.15) is 31.9 Å². The predicted molar refractivity (Wildman–Crippen MR) is 139 cm³/mol. The molecule has 0 aliphatic rings. The van der Waals surface area contributed by atoms with Gasteiger partial charge >= 0.3 is 0 Å². The Kier molecular flexibility index (Phi) is 7.90. The van der Waals surface area contributed by atoms with Crippen LogP contribution in [-0.4, -0.2) is 25.6 Å². The van der Waals surface area contributed by atoms with Gasteiger partial charge < -0.3 is 9.43 Å². The largest absolute Gasteiger partial charge is 0.314 e. The minimum absolute atomic E-state index is 0.0655. The monoisotopic (exact) mass is 522 g/mol. The van der Waals surface area contributed by atoms with Crippen LogP contribution in [-0.2, 0) is 9.94 Å². The maximum atomic E-state index is 9.49. The molecule has 3 aromatic rings. The maximum absolute atomic E-state index is 9.49. The second-order valence-electron chi connectivity index (χ2n) is 9.02. The predicted octanol–water partition coefficient (Wildman–Crippen LogP) is 6.83. The van der Waals surface area contributed by atoms with Crippen LogP contribution < -0.4 is 9.96 Å². The summed E-state index contributed by atoms with van der Waals surface area (Å²) in [5.74, 6) is 1.23. The zero-order chi connectivity index (χ0) is 24.2. The molecule has 171 valence electrons. The number of hydrogen-bond acceptors (Lipinski definition) is 6. The van der Waals surface area contributed by atoms with Gasteiger partial charge in [0.2, 0.25) is 9.04 Å². The molecule has 6 nitrogen and oxygen atoms in total. The molecule has 0 saturated carbocycles. The fraction of sp³-hybridized carbons (Fsp3) is 0.320. The summed E-state index contributed by atoms with van der Waals surface area (Å²) >= 11 is 3.63. The van der Waals surface area contributed by atoms with Gasteiger partial charge in [0, 0.05) is 10.5 Å². The van der Waals surface area contributed by atoms with E-state index < -0.39 is 9.04 Å². The van der Waals surface area contributed by atoms with E-state index in [4.69, 9.17) is 4.53 Å². The van der Waals surface area contributed by atoms with E-state index in [1.54, 1.807) is 5.06 Å². The first-order chi connectivity index (χ1) is 15.6. The van der Waals surface area contributed by atoms with Crippen LogP contribution in [0.5, 0.6) is 0 Å². The van der Waals surface area contributed by atoms with E-state index >= 15 is 0 Å². The van der Waals surface area contributed by atoms with Gasteiger partial charge in [0.05, 0.1) is 17.4 Å². The highest BCUT2D eigenvalue weighted by Gasteiger charge is 2.20. The fourth-order valence-corrected chi connectivity index (χ4v) is 4.57. The lowest BCUT2D eigenvalue weighted by atomic mass is 9.87. The summed E-state index contributed by atoms with van der Waals surface area (Å²) in [7, 11) is -1.08. The van der Waals surface area contributed by atoms with Gasteiger partial charge in [-0.2, -0.15) is 5.26 Å². The molecule has 0 fully saturated rings. The summed E-state index contributed by atoms with van der Waals surface area (Å²) in [6.45, 7) is 12.9. The molecule has 1 aromatic heterocycles. The van der Waals surface area contributed by atoms with Gasteiger partial charge in [-0.25, -0.2) is 15.0 Å². The van der Waals surface area contributed by atoms with E-state index in [1.807, 2.05) is 36.1 Å². The molecule has 33 heavy (non-hydrogen) atoms. The Morgan fingerprint density at radius 1 is 1.03 bits per heavy atom. The highest BCUT2D eigenvalue weighted by molar-refractivity contribution is 9.10. The van der Waals surface area contributed by atoms with Gasteiger partial charge in [0.25, 0.3) is 0 Å². The standard InChI is InChI=1S/C25H29BrN5OSi/c1-18-7-12-22(21(26)15-18)30(14-13-27)23-16-24(29-17-28-23)31(32-33(5)6)20-10-8-19(9-11-20)25(2,3)4/h7-12,15-17H,14H2,1-6H3. The molecule has 0 aliphatic heterocycles. The molecule has 2 aromatic carbocycles. The van der Waals surface area contributed by atoms with Gasteiger partial charge in [-0.1, -0.05) is 39.0 Å². The lowest BCUT2D eigenvalue weighted by Gasteiger charge is -2.28. The topological polar surface area (TPSA) is 65.3 Å². The van der Waals surface area contributed by atoms with Crippen molar-refractivity contribution in [2.45, 2.75) is 46.2 Å². The maximum Gasteiger partial charge on any atom is 0.245 e. The summed E-state index contributed by atoms with van der Waals surface area (Å²) in [5, 5.41) is 11.3. The molecular weight excluding hydrogens is 494 g/mol. The van der Waals surface area contributed by atoms with E-state index in [0.29, 0.717) is 11.6 Å². The molecule has 1 heterocycles. The molecule has 0 atom stereocenters. The number of aromatic nitrogens is 2. The minimum atomic E-state index is -1.08. The van der Waals surface area contributed by atoms with E-state index in [-0.39, 0.29) is 12.0 Å². The average Bonchev–Trinajstić information content (AvgIpc) is 2.76. The Hall–Kier alpha value is -2.73. The number of nitrogens with zero attached hydrogens (tertiary/aromatic N) is 5. The normalized spacial score (nSPS) is 11.4. The van der Waals surface area contributed by atoms with Crippen LogP contribution in [0.25, 0.3) is 0 Å². The first-order valence-corrected chi connectivity index (χ1v) is 13.9. The van der Waals surface area contributed by atoms with Crippen LogP contribution in [0.2, 0.25) is 13.1 Å². The number of halogens is 1. The van der Waals surface area contributed by atoms with E-state index in [2.05, 4.69) is 90.1 Å². The molecule has 0 amide bonds. The highest BCUT2D eigenvalue weighted by Crippen LogP contribution is 2.34. The first kappa shape index (κ1) is 24.9. The minimum Gasteiger partial charge on any atom is -0.314 e. The Labute approximate surface area is 206 Å². The van der Waals surface area contributed by atoms with E-state index in [0.717, 1.165) is 21.4 Å². The number of anilines is 4. The molecule has 3 rings (SSSR count). The molecule has 1 radical (unpaired) electrons. The van der Waals surface area contributed by atoms with Crippen molar-refractivity contribution >= 4 is 48.0 Å². The third kappa shape index (κ3) is 6.19. The van der Waals surface area contributed by atoms with Crippen LogP contribution in [0, 0.1) is 18.3 Å². The lowest BCUT2D eigenvalue weighted by molar-refractivity contribution is 0.329. The quantitative estimate of drug-likeness (QED) is 0.192. The van der Waals surface area contributed by atoms with Crippen molar-refractivity contribution in [1.82, 2.24) is 9.97 Å². The molecule has 0 N–H and O–H groups in total. The van der Waals surface area contributed by atoms with Gasteiger partial charge in [-0.15, -0.1) is 0 Å². The average molecular weight is 524 g/mol. The van der Waals surface area contributed by atoms with Gasteiger partial charge in [-0.05, 0) is 76.8 Å². The highest BCUT2D eigenvalue weighted by atomic mass is 79.9. The molecule has 0 saturated heterocycles. The number of rotatable bonds is 7. The number of benzene rings is 2. The lowest BCUT2D eigenvalue weighted by Crippen LogP contribution is -2.26. The Morgan fingerprint density at radius 2 is 1.70 bits per heavy atom. The van der Waals surface area contributed by atoms with Crippen molar-refractivity contribution in [1.29, 1.82) is 5.26 Å². The van der Waals surface area contributed by atoms with Crippen LogP contribution in [0.15, 0.2) is 59.3 Å². The smallest absolute Gasteiger partial charge is 0.245 e. The molecule has 0 spiro atoms. The molecule has 8 heteroatoms. The zero-order valence-corrected chi connectivity index (χ0v) is 22.5. The Morgan fingerprint density at radius 3 is 2.27 bits per heavy atom. The number of hydrogen-bond donors (Lipinski definition) is 0. The summed E-state index contributed by atoms with van der Waals surface area (Å²) < 4.78 is 7.14. The summed E-state index contributed by atoms with van der Waals surface area (Å²) in [5.41, 5.74) is 4.20. The molecule has 0 aliphatic carbocycles. The van der Waals surface area contributed by atoms with E-state index in [9.17, 15) is 5.26 Å². The molecular formula is C25H29BrN5OSi. The van der Waals surface area contributed by atoms with Gasteiger partial charge in [0.15, 0.2) is 5.82 Å². The van der Waals surface area contributed by atoms with Crippen molar-refractivity contribution in [3.05, 3.63) is 70.5 Å². The van der Waals surface area contributed by atoms with Crippen molar-refractivity contribution in [2.75, 3.05) is 16.5 Å². The summed E-state index contributed by atoms with van der Waals surface area (Å²) in [6, 6.07) is 18.5. The van der Waals surface area contributed by atoms with Crippen LogP contribution >= 0.6 is 15.9 Å². The number of aryl methyl sites for hydroxylation is 1. The van der Waals surface area contributed by atoms with E-state index in [1.165, 1.54) is 11.9 Å². The molecule has 0 unspecified atom stereocenters. The summed E-state index contributed by atoms with van der Waals surface area (Å²) in [6.07, 6.45) is 1.51. The zero-order valence-electron chi connectivity index (χ0n) is 19.9. The first-order valence-electron chi connectivity index (χ1n) is 10.7. The number of nitriles is 1. The second kappa shape index (κ2) is 10.5. The van der Waals surface area contributed by atoms with Crippen molar-refractivity contribution in [3.8, 4) is 6.07 Å². The van der Waals surface area contributed by atoms with Gasteiger partial charge in [0.1, 0.15) is 18.7 Å². The third-order valence-corrected chi connectivity index (χ3v) is 6.17. The Bertz CT molecular complexity index is 1140. The molecule has 0 bridgehead atoms. The van der Waals surface area contributed by atoms with Crippen LogP contribution in [0.4, 0.5) is 23.0 Å². The van der Waals surface area contributed by atoms with Crippen LogP contribution in [0.3, 0.4) is 0 Å². The SMILES string of the molecule is Cc1ccc(N(CC#N)c2cc(N(O[Si](C)C)c3ccc(C(C)(C)C)cc3)ncn2)c(Br)c1. The summed E-state index contributed by atoms with van der Waals surface area (Å²) in [4.78, 5) is 10.8. The Balaban J connectivity index is 2.04. The van der Waals surface area contributed by atoms with Crippen molar-refractivity contribution < 1.29 is 4.53 Å².